The first-order valence-corrected chi connectivity index (χ1v) is 6.04. The lowest BCUT2D eigenvalue weighted by Gasteiger charge is -2.19. The number of carbonyl (C=O) groups is 3. The number of ether oxygens (including phenoxy) is 2. The van der Waals surface area contributed by atoms with E-state index in [1.54, 1.807) is 4.90 Å². The van der Waals surface area contributed by atoms with Gasteiger partial charge < -0.3 is 14.4 Å². The predicted molar refractivity (Wildman–Crippen MR) is 67.1 cm³/mol. The molecule has 0 spiro atoms. The van der Waals surface area contributed by atoms with Gasteiger partial charge in [0, 0.05) is 25.1 Å². The van der Waals surface area contributed by atoms with Gasteiger partial charge in [-0.15, -0.1) is 0 Å². The molecule has 0 aromatic rings. The van der Waals surface area contributed by atoms with Crippen LogP contribution in [0.4, 0.5) is 0 Å². The molecular formula is C13H19NO5. The Labute approximate surface area is 112 Å². The van der Waals surface area contributed by atoms with Gasteiger partial charge in [0.1, 0.15) is 6.61 Å². The fourth-order valence-electron chi connectivity index (χ4n) is 1.89. The van der Waals surface area contributed by atoms with Crippen molar-refractivity contribution in [2.45, 2.75) is 20.3 Å². The summed E-state index contributed by atoms with van der Waals surface area (Å²) in [6.45, 7) is 5.21. The Bertz CT molecular complexity index is 400. The van der Waals surface area contributed by atoms with Crippen molar-refractivity contribution in [2.75, 3.05) is 26.8 Å². The van der Waals surface area contributed by atoms with Crippen LogP contribution in [0.3, 0.4) is 0 Å². The van der Waals surface area contributed by atoms with E-state index in [-0.39, 0.29) is 17.9 Å². The zero-order valence-corrected chi connectivity index (χ0v) is 11.5. The molecule has 19 heavy (non-hydrogen) atoms. The van der Waals surface area contributed by atoms with Crippen LogP contribution in [0, 0.1) is 5.41 Å². The van der Waals surface area contributed by atoms with Crippen LogP contribution >= 0.6 is 0 Å². The quantitative estimate of drug-likeness (QED) is 0.537. The highest BCUT2D eigenvalue weighted by Crippen LogP contribution is 2.29. The molecule has 0 aromatic heterocycles. The van der Waals surface area contributed by atoms with Crippen molar-refractivity contribution in [1.29, 1.82) is 0 Å². The van der Waals surface area contributed by atoms with Gasteiger partial charge >= 0.3 is 11.9 Å². The first kappa shape index (κ1) is 15.2. The molecule has 0 bridgehead atoms. The number of esters is 2. The molecule has 1 amide bonds. The number of methoxy groups -OCH3 is 1. The Kier molecular flexibility index (Phi) is 5.09. The van der Waals surface area contributed by atoms with Gasteiger partial charge in [-0.25, -0.2) is 9.59 Å². The summed E-state index contributed by atoms with van der Waals surface area (Å²) in [4.78, 5) is 35.3. The van der Waals surface area contributed by atoms with Crippen LogP contribution in [0.2, 0.25) is 0 Å². The molecule has 1 aliphatic heterocycles. The zero-order valence-electron chi connectivity index (χ0n) is 11.5. The minimum Gasteiger partial charge on any atom is -0.466 e. The summed E-state index contributed by atoms with van der Waals surface area (Å²) < 4.78 is 9.22. The Morgan fingerprint density at radius 1 is 1.32 bits per heavy atom. The number of carbonyl (C=O) groups excluding carboxylic acids is 3. The van der Waals surface area contributed by atoms with Crippen molar-refractivity contribution in [3.63, 3.8) is 0 Å². The first-order chi connectivity index (χ1) is 8.84. The van der Waals surface area contributed by atoms with E-state index >= 15 is 0 Å². The number of amides is 1. The van der Waals surface area contributed by atoms with Crippen molar-refractivity contribution in [2.24, 2.45) is 5.41 Å². The first-order valence-electron chi connectivity index (χ1n) is 6.04. The van der Waals surface area contributed by atoms with Crippen molar-refractivity contribution < 1.29 is 23.9 Å². The van der Waals surface area contributed by atoms with E-state index < -0.39 is 11.9 Å². The van der Waals surface area contributed by atoms with Crippen molar-refractivity contribution >= 4 is 17.8 Å². The Hall–Kier alpha value is -1.85. The van der Waals surface area contributed by atoms with Crippen LogP contribution in [0.15, 0.2) is 12.2 Å². The summed E-state index contributed by atoms with van der Waals surface area (Å²) in [5.74, 6) is -1.17. The number of nitrogens with zero attached hydrogens (tertiary/aromatic N) is 1. The molecule has 0 radical (unpaired) electrons. The third kappa shape index (κ3) is 5.11. The predicted octanol–water partition coefficient (Wildman–Crippen LogP) is 0.517. The van der Waals surface area contributed by atoms with Crippen LogP contribution in [-0.2, 0) is 23.9 Å². The van der Waals surface area contributed by atoms with Gasteiger partial charge in [-0.1, -0.05) is 13.8 Å². The van der Waals surface area contributed by atoms with Crippen LogP contribution < -0.4 is 0 Å². The molecule has 0 N–H and O–H groups in total. The molecule has 6 heteroatoms. The average Bonchev–Trinajstić information content (AvgIpc) is 2.59. The monoisotopic (exact) mass is 269 g/mol. The van der Waals surface area contributed by atoms with Gasteiger partial charge in [0.15, 0.2) is 0 Å². The Morgan fingerprint density at radius 2 is 1.95 bits per heavy atom. The molecule has 6 nitrogen and oxygen atoms in total. The molecule has 106 valence electrons. The molecule has 1 rings (SSSR count). The fourth-order valence-corrected chi connectivity index (χ4v) is 1.89. The maximum Gasteiger partial charge on any atom is 0.331 e. The van der Waals surface area contributed by atoms with E-state index in [2.05, 4.69) is 4.74 Å². The number of hydrogen-bond donors (Lipinski definition) is 0. The lowest BCUT2D eigenvalue weighted by Crippen LogP contribution is -2.30. The van der Waals surface area contributed by atoms with Gasteiger partial charge in [-0.05, 0) is 5.41 Å². The standard InChI is InChI=1S/C13H19NO5/c1-13(2)8-10(15)14(9-13)6-7-19-12(17)5-4-11(16)18-3/h4-5H,6-9H2,1-3H3/b5-4+. The maximum atomic E-state index is 11.6. The van der Waals surface area contributed by atoms with Crippen LogP contribution in [0.1, 0.15) is 20.3 Å². The maximum absolute atomic E-state index is 11.6. The Morgan fingerprint density at radius 3 is 2.47 bits per heavy atom. The Balaban J connectivity index is 2.28. The van der Waals surface area contributed by atoms with Crippen LogP contribution in [-0.4, -0.2) is 49.6 Å². The number of likely N-dealkylation sites (tertiary alicyclic amines) is 1. The van der Waals surface area contributed by atoms with Gasteiger partial charge in [-0.3, -0.25) is 4.79 Å². The van der Waals surface area contributed by atoms with Crippen molar-refractivity contribution in [1.82, 2.24) is 4.90 Å². The third-order valence-electron chi connectivity index (χ3n) is 2.76. The van der Waals surface area contributed by atoms with Crippen LogP contribution in [0.25, 0.3) is 0 Å². The highest BCUT2D eigenvalue weighted by molar-refractivity contribution is 5.91. The summed E-state index contributed by atoms with van der Waals surface area (Å²) in [7, 11) is 1.22. The van der Waals surface area contributed by atoms with Gasteiger partial charge in [0.05, 0.1) is 13.7 Å². The van der Waals surface area contributed by atoms with E-state index in [1.165, 1.54) is 7.11 Å². The summed E-state index contributed by atoms with van der Waals surface area (Å²) in [5.41, 5.74) is -0.0219. The molecule has 0 aliphatic carbocycles. The molecule has 0 saturated carbocycles. The fraction of sp³-hybridized carbons (Fsp3) is 0.615. The minimum absolute atomic E-state index is 0.0219. The molecule has 0 aromatic carbocycles. The number of rotatable bonds is 5. The summed E-state index contributed by atoms with van der Waals surface area (Å²) in [6.07, 6.45) is 2.51. The van der Waals surface area contributed by atoms with Gasteiger partial charge in [0.25, 0.3) is 0 Å². The van der Waals surface area contributed by atoms with E-state index in [0.717, 1.165) is 12.2 Å². The number of hydrogen-bond acceptors (Lipinski definition) is 5. The lowest BCUT2D eigenvalue weighted by molar-refractivity contribution is -0.140. The third-order valence-corrected chi connectivity index (χ3v) is 2.76. The normalized spacial score (nSPS) is 17.8. The molecule has 0 unspecified atom stereocenters. The summed E-state index contributed by atoms with van der Waals surface area (Å²) in [6, 6.07) is 0. The smallest absolute Gasteiger partial charge is 0.331 e. The van der Waals surface area contributed by atoms with Crippen LogP contribution in [0.5, 0.6) is 0 Å². The second-order valence-electron chi connectivity index (χ2n) is 5.18. The lowest BCUT2D eigenvalue weighted by atomic mass is 9.93. The summed E-state index contributed by atoms with van der Waals surface area (Å²) >= 11 is 0. The molecule has 1 saturated heterocycles. The van der Waals surface area contributed by atoms with Crippen molar-refractivity contribution in [3.8, 4) is 0 Å². The molecular weight excluding hydrogens is 250 g/mol. The second-order valence-corrected chi connectivity index (χ2v) is 5.18. The van der Waals surface area contributed by atoms with Gasteiger partial charge in [0.2, 0.25) is 5.91 Å². The topological polar surface area (TPSA) is 72.9 Å². The molecule has 1 heterocycles. The van der Waals surface area contributed by atoms with Gasteiger partial charge in [-0.2, -0.15) is 0 Å². The minimum atomic E-state index is -0.628. The van der Waals surface area contributed by atoms with E-state index in [0.29, 0.717) is 19.5 Å². The molecule has 0 atom stereocenters. The molecule has 1 aliphatic rings. The largest absolute Gasteiger partial charge is 0.466 e. The van der Waals surface area contributed by atoms with E-state index in [1.807, 2.05) is 13.8 Å². The SMILES string of the molecule is COC(=O)/C=C/C(=O)OCCN1CC(C)(C)CC1=O. The zero-order chi connectivity index (χ0) is 14.5. The highest BCUT2D eigenvalue weighted by Gasteiger charge is 2.35. The summed E-state index contributed by atoms with van der Waals surface area (Å²) in [5, 5.41) is 0. The highest BCUT2D eigenvalue weighted by atomic mass is 16.5. The van der Waals surface area contributed by atoms with E-state index in [4.69, 9.17) is 4.74 Å². The second kappa shape index (κ2) is 6.36. The van der Waals surface area contributed by atoms with Crippen molar-refractivity contribution in [3.05, 3.63) is 12.2 Å². The average molecular weight is 269 g/mol. The molecule has 1 fully saturated rings. The van der Waals surface area contributed by atoms with E-state index in [9.17, 15) is 14.4 Å².